The molecule has 2 atom stereocenters. The number of benzene rings is 1. The van der Waals surface area contributed by atoms with Crippen molar-refractivity contribution in [3.05, 3.63) is 48.6 Å². The number of hydrogen-bond acceptors (Lipinski definition) is 2. The molecule has 0 unspecified atom stereocenters. The first kappa shape index (κ1) is 15.9. The number of piperidine rings is 1. The van der Waals surface area contributed by atoms with E-state index in [1.165, 1.54) is 37.1 Å². The van der Waals surface area contributed by atoms with Crippen LogP contribution in [0.15, 0.2) is 24.3 Å². The molecule has 1 aromatic carbocycles. The molecule has 0 aliphatic carbocycles. The van der Waals surface area contributed by atoms with E-state index in [9.17, 15) is 0 Å². The number of nitrogens with zero attached hydrogens (tertiary/aromatic N) is 1. The van der Waals surface area contributed by atoms with E-state index in [1.54, 1.807) is 0 Å². The van der Waals surface area contributed by atoms with Crippen LogP contribution in [0.5, 0.6) is 0 Å². The molecule has 0 amide bonds. The van der Waals surface area contributed by atoms with Crippen molar-refractivity contribution in [2.75, 3.05) is 13.1 Å². The van der Waals surface area contributed by atoms with Crippen LogP contribution in [0.4, 0.5) is 0 Å². The van der Waals surface area contributed by atoms with E-state index in [-0.39, 0.29) is 21.1 Å². The number of hydrogen-bond donors (Lipinski definition) is 1. The summed E-state index contributed by atoms with van der Waals surface area (Å²) in [6, 6.07) is 11.8. The third kappa shape index (κ3) is 3.42. The Morgan fingerprint density at radius 1 is 1.35 bits per heavy atom. The Labute approximate surface area is 136 Å². The fourth-order valence-electron chi connectivity index (χ4n) is 3.29. The number of fused-ring (bicyclic) bond motifs is 1. The van der Waals surface area contributed by atoms with Gasteiger partial charge in [-0.25, -0.2) is 18.7 Å². The van der Waals surface area contributed by atoms with Crippen molar-refractivity contribution < 1.29 is 26.2 Å². The van der Waals surface area contributed by atoms with Gasteiger partial charge >= 0.3 is 0 Å². The molecule has 3 rings (SSSR count). The third-order valence-electron chi connectivity index (χ3n) is 4.27. The van der Waals surface area contributed by atoms with Gasteiger partial charge in [-0.2, -0.15) is 18.6 Å². The summed E-state index contributed by atoms with van der Waals surface area (Å²) in [5.74, 6) is 0.512. The van der Waals surface area contributed by atoms with Crippen LogP contribution in [0.3, 0.4) is 0 Å². The summed E-state index contributed by atoms with van der Waals surface area (Å²) in [5, 5.41) is 9.11. The Morgan fingerprint density at radius 3 is 3.00 bits per heavy atom. The van der Waals surface area contributed by atoms with E-state index in [1.807, 2.05) is 12.1 Å². The molecule has 2 aliphatic heterocycles. The second-order valence-electron chi connectivity index (χ2n) is 5.45. The zero-order valence-corrected chi connectivity index (χ0v) is 14.5. The van der Waals surface area contributed by atoms with Crippen LogP contribution in [0.1, 0.15) is 31.2 Å². The van der Waals surface area contributed by atoms with Gasteiger partial charge in [0.2, 0.25) is 0 Å². The van der Waals surface area contributed by atoms with Crippen LogP contribution in [-0.4, -0.2) is 29.1 Å². The standard InChI is InChI=1S/C17H20NO.W/c19-12-9-15-7-4-10-18-11-8-16(13-17(15)18)14-5-2-1-3-6-14;/h1-3,5,12,15,17,19H,4,7-11H2;/q-3;/t15-,17-;/m1./s1. The number of aliphatic hydroxyl groups is 1. The van der Waals surface area contributed by atoms with Gasteiger partial charge in [-0.05, 0) is 19.5 Å². The summed E-state index contributed by atoms with van der Waals surface area (Å²) in [5.41, 5.74) is 2.48. The van der Waals surface area contributed by atoms with Gasteiger partial charge in [0.05, 0.1) is 0 Å². The summed E-state index contributed by atoms with van der Waals surface area (Å²) in [4.78, 5) is 2.52. The smallest absolute Gasteiger partial charge is 0 e. The average molecular weight is 438 g/mol. The Kier molecular flexibility index (Phi) is 6.01. The molecule has 108 valence electrons. The molecule has 3 heteroatoms. The molecule has 0 spiro atoms. The van der Waals surface area contributed by atoms with Crippen LogP contribution in [0.25, 0.3) is 5.57 Å². The Hall–Kier alpha value is -0.432. The predicted octanol–water partition coefficient (Wildman–Crippen LogP) is 3.08. The van der Waals surface area contributed by atoms with Gasteiger partial charge in [-0.15, -0.1) is 6.07 Å². The van der Waals surface area contributed by atoms with E-state index >= 15 is 0 Å². The van der Waals surface area contributed by atoms with E-state index in [0.29, 0.717) is 12.0 Å². The maximum absolute atomic E-state index is 9.11. The largest absolute Gasteiger partial charge is 0.566 e. The molecule has 1 saturated heterocycles. The maximum atomic E-state index is 9.11. The molecule has 1 N–H and O–H groups in total. The van der Waals surface area contributed by atoms with Crippen molar-refractivity contribution in [2.24, 2.45) is 5.92 Å². The first-order chi connectivity index (χ1) is 9.38. The zero-order valence-electron chi connectivity index (χ0n) is 11.6. The monoisotopic (exact) mass is 438 g/mol. The SMILES string of the molecule is O[CH-]C[C@H]1CCCN2CCC(c3[c-]cccc3)=[C-][C@H]12.[W]. The summed E-state index contributed by atoms with van der Waals surface area (Å²) < 4.78 is 0. The fraction of sp³-hybridized carbons (Fsp3) is 0.471. The minimum atomic E-state index is 0. The van der Waals surface area contributed by atoms with Crippen LogP contribution >= 0.6 is 0 Å². The maximum Gasteiger partial charge on any atom is 0 e. The summed E-state index contributed by atoms with van der Waals surface area (Å²) in [6.07, 6.45) is 7.96. The molecule has 1 fully saturated rings. The van der Waals surface area contributed by atoms with Gasteiger partial charge < -0.3 is 21.6 Å². The Bertz CT molecular complexity index is 444. The summed E-state index contributed by atoms with van der Waals surface area (Å²) >= 11 is 0. The average Bonchev–Trinajstić information content (AvgIpc) is 2.48. The Balaban J connectivity index is 0.00000147. The zero-order chi connectivity index (χ0) is 13.1. The molecular formula is C17H20NOW-3. The molecule has 2 aliphatic rings. The molecule has 0 radical (unpaired) electrons. The van der Waals surface area contributed by atoms with E-state index in [2.05, 4.69) is 29.2 Å². The minimum absolute atomic E-state index is 0. The fourth-order valence-corrected chi connectivity index (χ4v) is 3.29. The third-order valence-corrected chi connectivity index (χ3v) is 4.27. The Morgan fingerprint density at radius 2 is 2.25 bits per heavy atom. The molecular weight excluding hydrogens is 418 g/mol. The van der Waals surface area contributed by atoms with Crippen molar-refractivity contribution in [1.82, 2.24) is 4.90 Å². The normalized spacial score (nSPS) is 26.4. The van der Waals surface area contributed by atoms with Gasteiger partial charge in [-0.3, -0.25) is 5.57 Å². The van der Waals surface area contributed by atoms with Crippen molar-refractivity contribution in [3.63, 3.8) is 0 Å². The topological polar surface area (TPSA) is 23.5 Å². The summed E-state index contributed by atoms with van der Waals surface area (Å²) in [6.45, 7) is 3.60. The molecule has 2 nitrogen and oxygen atoms in total. The molecule has 2 heterocycles. The van der Waals surface area contributed by atoms with Crippen molar-refractivity contribution in [1.29, 1.82) is 0 Å². The van der Waals surface area contributed by atoms with Crippen molar-refractivity contribution in [2.45, 2.75) is 31.7 Å². The van der Waals surface area contributed by atoms with Crippen LogP contribution in [0, 0.1) is 24.7 Å². The van der Waals surface area contributed by atoms with Crippen LogP contribution < -0.4 is 0 Å². The quantitative estimate of drug-likeness (QED) is 0.734. The van der Waals surface area contributed by atoms with Gasteiger partial charge in [0.15, 0.2) is 0 Å². The van der Waals surface area contributed by atoms with Crippen LogP contribution in [0.2, 0.25) is 0 Å². The van der Waals surface area contributed by atoms with Gasteiger partial charge in [0.1, 0.15) is 0 Å². The van der Waals surface area contributed by atoms with Gasteiger partial charge in [0, 0.05) is 21.1 Å². The van der Waals surface area contributed by atoms with Crippen molar-refractivity contribution in [3.8, 4) is 0 Å². The number of rotatable bonds is 3. The molecule has 0 aromatic heterocycles. The molecule has 1 aromatic rings. The predicted molar refractivity (Wildman–Crippen MR) is 75.5 cm³/mol. The van der Waals surface area contributed by atoms with E-state index in [4.69, 9.17) is 5.11 Å². The molecule has 20 heavy (non-hydrogen) atoms. The molecule has 0 bridgehead atoms. The van der Waals surface area contributed by atoms with E-state index < -0.39 is 0 Å². The first-order valence-corrected chi connectivity index (χ1v) is 7.18. The van der Waals surface area contributed by atoms with Crippen molar-refractivity contribution >= 4 is 5.57 Å². The van der Waals surface area contributed by atoms with Gasteiger partial charge in [0.25, 0.3) is 0 Å². The van der Waals surface area contributed by atoms with Gasteiger partial charge in [-0.1, -0.05) is 24.8 Å². The van der Waals surface area contributed by atoms with E-state index in [0.717, 1.165) is 19.4 Å². The number of aliphatic hydroxyl groups excluding tert-OH is 1. The van der Waals surface area contributed by atoms with Crippen LogP contribution in [-0.2, 0) is 21.1 Å². The minimum Gasteiger partial charge on any atom is -0.566 e. The first-order valence-electron chi connectivity index (χ1n) is 7.18. The summed E-state index contributed by atoms with van der Waals surface area (Å²) in [7, 11) is 0. The second kappa shape index (κ2) is 7.54. The second-order valence-corrected chi connectivity index (χ2v) is 5.45. The molecule has 0 saturated carbocycles.